The lowest BCUT2D eigenvalue weighted by Crippen LogP contribution is -2.23. The smallest absolute Gasteiger partial charge is 0.221 e. The van der Waals surface area contributed by atoms with Gasteiger partial charge in [-0.1, -0.05) is 18.2 Å². The second kappa shape index (κ2) is 6.50. The second-order valence-electron chi connectivity index (χ2n) is 4.44. The Balaban J connectivity index is 2.33. The Bertz CT molecular complexity index is 543. The maximum Gasteiger partial charge on any atom is 0.221 e. The number of fused-ring (bicyclic) bond motifs is 1. The summed E-state index contributed by atoms with van der Waals surface area (Å²) < 4.78 is 10.4. The van der Waals surface area contributed by atoms with Crippen LogP contribution in [0.15, 0.2) is 30.5 Å². The SMILES string of the molecule is COCCNC(C)c1cnc(OC)c2ccccc12. The van der Waals surface area contributed by atoms with Crippen molar-refractivity contribution in [3.05, 3.63) is 36.0 Å². The van der Waals surface area contributed by atoms with E-state index >= 15 is 0 Å². The van der Waals surface area contributed by atoms with Crippen LogP contribution in [-0.2, 0) is 4.74 Å². The van der Waals surface area contributed by atoms with Crippen molar-refractivity contribution in [3.63, 3.8) is 0 Å². The standard InChI is InChI=1S/C15H20N2O2/c1-11(16-8-9-18-2)14-10-17-15(19-3)13-7-5-4-6-12(13)14/h4-7,10-11,16H,8-9H2,1-3H3. The van der Waals surface area contributed by atoms with E-state index in [1.807, 2.05) is 24.4 Å². The number of ether oxygens (including phenoxy) is 2. The normalized spacial score (nSPS) is 12.6. The van der Waals surface area contributed by atoms with E-state index in [9.17, 15) is 0 Å². The Labute approximate surface area is 113 Å². The van der Waals surface area contributed by atoms with E-state index < -0.39 is 0 Å². The highest BCUT2D eigenvalue weighted by Gasteiger charge is 2.12. The van der Waals surface area contributed by atoms with Gasteiger partial charge in [-0.2, -0.15) is 0 Å². The topological polar surface area (TPSA) is 43.4 Å². The minimum Gasteiger partial charge on any atom is -0.481 e. The average molecular weight is 260 g/mol. The molecule has 0 aliphatic heterocycles. The molecule has 1 unspecified atom stereocenters. The number of benzene rings is 1. The molecule has 0 radical (unpaired) electrons. The quantitative estimate of drug-likeness (QED) is 0.811. The lowest BCUT2D eigenvalue weighted by Gasteiger charge is -2.17. The predicted molar refractivity (Wildman–Crippen MR) is 76.6 cm³/mol. The molecule has 0 saturated carbocycles. The van der Waals surface area contributed by atoms with Gasteiger partial charge in [-0.05, 0) is 23.9 Å². The van der Waals surface area contributed by atoms with Crippen LogP contribution in [0.4, 0.5) is 0 Å². The van der Waals surface area contributed by atoms with Gasteiger partial charge in [-0.3, -0.25) is 0 Å². The highest BCUT2D eigenvalue weighted by atomic mass is 16.5. The zero-order valence-electron chi connectivity index (χ0n) is 11.6. The minimum atomic E-state index is 0.221. The third-order valence-electron chi connectivity index (χ3n) is 3.21. The molecule has 1 heterocycles. The second-order valence-corrected chi connectivity index (χ2v) is 4.44. The molecule has 0 aliphatic carbocycles. The maximum absolute atomic E-state index is 5.31. The Morgan fingerprint density at radius 2 is 1.95 bits per heavy atom. The molecule has 1 aromatic carbocycles. The first kappa shape index (κ1) is 13.8. The van der Waals surface area contributed by atoms with Crippen LogP contribution in [-0.4, -0.2) is 32.4 Å². The van der Waals surface area contributed by atoms with Crippen molar-refractivity contribution in [2.24, 2.45) is 0 Å². The molecule has 0 bridgehead atoms. The fraction of sp³-hybridized carbons (Fsp3) is 0.400. The zero-order valence-corrected chi connectivity index (χ0v) is 11.6. The summed E-state index contributed by atoms with van der Waals surface area (Å²) >= 11 is 0. The lowest BCUT2D eigenvalue weighted by atomic mass is 10.0. The third kappa shape index (κ3) is 3.03. The summed E-state index contributed by atoms with van der Waals surface area (Å²) in [5, 5.41) is 5.64. The van der Waals surface area contributed by atoms with Gasteiger partial charge in [0.25, 0.3) is 0 Å². The Morgan fingerprint density at radius 3 is 2.63 bits per heavy atom. The minimum absolute atomic E-state index is 0.221. The zero-order chi connectivity index (χ0) is 13.7. The van der Waals surface area contributed by atoms with Gasteiger partial charge in [0, 0.05) is 31.3 Å². The van der Waals surface area contributed by atoms with Gasteiger partial charge in [0.1, 0.15) is 0 Å². The van der Waals surface area contributed by atoms with Gasteiger partial charge in [0.2, 0.25) is 5.88 Å². The van der Waals surface area contributed by atoms with E-state index in [2.05, 4.69) is 23.3 Å². The lowest BCUT2D eigenvalue weighted by molar-refractivity contribution is 0.196. The van der Waals surface area contributed by atoms with Crippen molar-refractivity contribution in [1.82, 2.24) is 10.3 Å². The fourth-order valence-corrected chi connectivity index (χ4v) is 2.18. The van der Waals surface area contributed by atoms with Crippen molar-refractivity contribution >= 4 is 10.8 Å². The Kier molecular flexibility index (Phi) is 4.71. The van der Waals surface area contributed by atoms with Crippen LogP contribution < -0.4 is 10.1 Å². The molecule has 1 aromatic heterocycles. The van der Waals surface area contributed by atoms with Crippen LogP contribution in [0.25, 0.3) is 10.8 Å². The van der Waals surface area contributed by atoms with Crippen molar-refractivity contribution in [2.75, 3.05) is 27.4 Å². The van der Waals surface area contributed by atoms with E-state index in [0.29, 0.717) is 12.5 Å². The number of aromatic nitrogens is 1. The predicted octanol–water partition coefficient (Wildman–Crippen LogP) is 2.54. The molecular weight excluding hydrogens is 240 g/mol. The third-order valence-corrected chi connectivity index (χ3v) is 3.21. The molecule has 2 aromatic rings. The monoisotopic (exact) mass is 260 g/mol. The molecule has 102 valence electrons. The molecule has 0 spiro atoms. The fourth-order valence-electron chi connectivity index (χ4n) is 2.18. The molecule has 0 aliphatic rings. The highest BCUT2D eigenvalue weighted by molar-refractivity contribution is 5.89. The molecule has 1 atom stereocenters. The van der Waals surface area contributed by atoms with Crippen molar-refractivity contribution < 1.29 is 9.47 Å². The molecule has 19 heavy (non-hydrogen) atoms. The number of nitrogens with one attached hydrogen (secondary N) is 1. The molecule has 4 nitrogen and oxygen atoms in total. The van der Waals surface area contributed by atoms with Crippen LogP contribution in [0.2, 0.25) is 0 Å². The van der Waals surface area contributed by atoms with Crippen LogP contribution in [0.5, 0.6) is 5.88 Å². The maximum atomic E-state index is 5.31. The number of hydrogen-bond donors (Lipinski definition) is 1. The van der Waals surface area contributed by atoms with Gasteiger partial charge in [0.05, 0.1) is 13.7 Å². The van der Waals surface area contributed by atoms with Crippen LogP contribution >= 0.6 is 0 Å². The molecule has 2 rings (SSSR count). The molecule has 0 amide bonds. The molecule has 1 N–H and O–H groups in total. The van der Waals surface area contributed by atoms with Gasteiger partial charge >= 0.3 is 0 Å². The summed E-state index contributed by atoms with van der Waals surface area (Å²) in [5.41, 5.74) is 1.17. The number of methoxy groups -OCH3 is 2. The van der Waals surface area contributed by atoms with Gasteiger partial charge in [-0.25, -0.2) is 4.98 Å². The van der Waals surface area contributed by atoms with E-state index in [4.69, 9.17) is 9.47 Å². The first-order valence-electron chi connectivity index (χ1n) is 6.42. The Morgan fingerprint density at radius 1 is 1.21 bits per heavy atom. The average Bonchev–Trinajstić information content (AvgIpc) is 2.46. The van der Waals surface area contributed by atoms with Crippen molar-refractivity contribution in [2.45, 2.75) is 13.0 Å². The first-order chi connectivity index (χ1) is 9.27. The van der Waals surface area contributed by atoms with Gasteiger partial charge in [-0.15, -0.1) is 0 Å². The van der Waals surface area contributed by atoms with Crippen LogP contribution in [0.3, 0.4) is 0 Å². The van der Waals surface area contributed by atoms with Crippen LogP contribution in [0.1, 0.15) is 18.5 Å². The number of hydrogen-bond acceptors (Lipinski definition) is 4. The first-order valence-corrected chi connectivity index (χ1v) is 6.42. The number of rotatable bonds is 6. The molecule has 4 heteroatoms. The summed E-state index contributed by atoms with van der Waals surface area (Å²) in [4.78, 5) is 4.38. The van der Waals surface area contributed by atoms with E-state index in [-0.39, 0.29) is 6.04 Å². The highest BCUT2D eigenvalue weighted by Crippen LogP contribution is 2.29. The number of nitrogens with zero attached hydrogens (tertiary/aromatic N) is 1. The van der Waals surface area contributed by atoms with Gasteiger partial charge < -0.3 is 14.8 Å². The van der Waals surface area contributed by atoms with E-state index in [1.165, 1.54) is 10.9 Å². The number of pyridine rings is 1. The summed E-state index contributed by atoms with van der Waals surface area (Å²) in [6.45, 7) is 3.65. The van der Waals surface area contributed by atoms with E-state index in [1.54, 1.807) is 14.2 Å². The summed E-state index contributed by atoms with van der Waals surface area (Å²) in [5.74, 6) is 0.670. The summed E-state index contributed by atoms with van der Waals surface area (Å²) in [6, 6.07) is 8.39. The molecular formula is C15H20N2O2. The van der Waals surface area contributed by atoms with Crippen molar-refractivity contribution in [1.29, 1.82) is 0 Å². The summed E-state index contributed by atoms with van der Waals surface area (Å²) in [7, 11) is 3.35. The van der Waals surface area contributed by atoms with E-state index in [0.717, 1.165) is 11.9 Å². The molecule has 0 fully saturated rings. The molecule has 0 saturated heterocycles. The van der Waals surface area contributed by atoms with Gasteiger partial charge in [0.15, 0.2) is 0 Å². The van der Waals surface area contributed by atoms with Crippen LogP contribution in [0, 0.1) is 0 Å². The Hall–Kier alpha value is -1.65. The largest absolute Gasteiger partial charge is 0.481 e. The van der Waals surface area contributed by atoms with Crippen molar-refractivity contribution in [3.8, 4) is 5.88 Å². The summed E-state index contributed by atoms with van der Waals surface area (Å²) in [6.07, 6.45) is 1.88.